The lowest BCUT2D eigenvalue weighted by atomic mass is 9.76. The summed E-state index contributed by atoms with van der Waals surface area (Å²) in [5.41, 5.74) is 6.21. The number of nitrogens with zero attached hydrogens (tertiary/aromatic N) is 4. The maximum Gasteiger partial charge on any atom is 0.323 e. The maximum absolute atomic E-state index is 5.94. The van der Waals surface area contributed by atoms with Gasteiger partial charge in [0.15, 0.2) is 0 Å². The molecule has 0 bridgehead atoms. The highest BCUT2D eigenvalue weighted by molar-refractivity contribution is 5.35. The lowest BCUT2D eigenvalue weighted by Gasteiger charge is -2.33. The van der Waals surface area contributed by atoms with Crippen molar-refractivity contribution < 1.29 is 4.74 Å². The van der Waals surface area contributed by atoms with Crippen LogP contribution in [-0.4, -0.2) is 34.1 Å². The molecule has 2 N–H and O–H groups in total. The lowest BCUT2D eigenvalue weighted by molar-refractivity contribution is 0.0907. The molecule has 6 heteroatoms. The van der Waals surface area contributed by atoms with E-state index in [1.54, 1.807) is 0 Å². The topological polar surface area (TPSA) is 77.2 Å². The molecule has 118 valence electrons. The van der Waals surface area contributed by atoms with Crippen molar-refractivity contribution in [3.8, 4) is 6.01 Å². The largest absolute Gasteiger partial charge is 0.460 e. The molecule has 0 aromatic carbocycles. The first kappa shape index (κ1) is 15.8. The second kappa shape index (κ2) is 6.45. The predicted molar refractivity (Wildman–Crippen MR) is 84.5 cm³/mol. The summed E-state index contributed by atoms with van der Waals surface area (Å²) in [5, 5.41) is 0. The summed E-state index contributed by atoms with van der Waals surface area (Å²) in [6.45, 7) is 10.4. The van der Waals surface area contributed by atoms with Gasteiger partial charge in [0.2, 0.25) is 11.9 Å². The Morgan fingerprint density at radius 1 is 1.14 bits per heavy atom. The first-order valence-corrected chi connectivity index (χ1v) is 7.86. The Hall–Kier alpha value is -1.59. The molecule has 0 amide bonds. The highest BCUT2D eigenvalue weighted by atomic mass is 16.5. The number of nitrogens with two attached hydrogens (primary N) is 1. The summed E-state index contributed by atoms with van der Waals surface area (Å²) in [7, 11) is 0. The molecule has 1 aromatic heterocycles. The minimum absolute atomic E-state index is 0.185. The zero-order valence-corrected chi connectivity index (χ0v) is 13.6. The van der Waals surface area contributed by atoms with E-state index in [0.717, 1.165) is 25.9 Å². The Morgan fingerprint density at radius 2 is 1.76 bits per heavy atom. The van der Waals surface area contributed by atoms with Crippen LogP contribution in [0, 0.1) is 5.41 Å². The van der Waals surface area contributed by atoms with Gasteiger partial charge in [-0.3, -0.25) is 0 Å². The van der Waals surface area contributed by atoms with Crippen LogP contribution in [0.15, 0.2) is 0 Å². The third kappa shape index (κ3) is 4.19. The summed E-state index contributed by atoms with van der Waals surface area (Å²) >= 11 is 0. The Balaban J connectivity index is 2.06. The van der Waals surface area contributed by atoms with E-state index in [9.17, 15) is 0 Å². The molecule has 0 aliphatic heterocycles. The zero-order chi connectivity index (χ0) is 15.5. The molecule has 2 rings (SSSR count). The first-order chi connectivity index (χ1) is 9.93. The van der Waals surface area contributed by atoms with Crippen molar-refractivity contribution in [2.24, 2.45) is 5.41 Å². The third-order valence-corrected chi connectivity index (χ3v) is 4.22. The van der Waals surface area contributed by atoms with Crippen LogP contribution in [0.1, 0.15) is 53.4 Å². The Bertz CT molecular complexity index is 463. The van der Waals surface area contributed by atoms with Gasteiger partial charge in [0, 0.05) is 13.1 Å². The van der Waals surface area contributed by atoms with Crippen LogP contribution >= 0.6 is 0 Å². The summed E-state index contributed by atoms with van der Waals surface area (Å²) in [4.78, 5) is 14.8. The smallest absolute Gasteiger partial charge is 0.323 e. The number of ether oxygens (including phenoxy) is 1. The van der Waals surface area contributed by atoms with Gasteiger partial charge in [0.25, 0.3) is 0 Å². The van der Waals surface area contributed by atoms with Gasteiger partial charge in [-0.2, -0.15) is 15.0 Å². The van der Waals surface area contributed by atoms with Gasteiger partial charge in [0.1, 0.15) is 6.10 Å². The standard InChI is InChI=1S/C15H27N5O/c1-5-20(6-2)13-17-12(16)18-14(19-13)21-11-7-9-15(3,4)10-8-11/h11H,5-10H2,1-4H3,(H2,16,17,18,19). The molecule has 1 aliphatic carbocycles. The molecule has 0 saturated heterocycles. The van der Waals surface area contributed by atoms with E-state index in [2.05, 4.69) is 42.6 Å². The molecular formula is C15H27N5O. The fourth-order valence-electron chi connectivity index (χ4n) is 2.70. The minimum atomic E-state index is 0.185. The summed E-state index contributed by atoms with van der Waals surface area (Å²) in [6, 6.07) is 0.356. The van der Waals surface area contributed by atoms with E-state index in [0.29, 0.717) is 17.4 Å². The highest BCUT2D eigenvalue weighted by Crippen LogP contribution is 2.36. The van der Waals surface area contributed by atoms with E-state index >= 15 is 0 Å². The van der Waals surface area contributed by atoms with Crippen LogP contribution in [0.25, 0.3) is 0 Å². The highest BCUT2D eigenvalue weighted by Gasteiger charge is 2.28. The molecule has 21 heavy (non-hydrogen) atoms. The molecule has 0 atom stereocenters. The monoisotopic (exact) mass is 293 g/mol. The maximum atomic E-state index is 5.94. The van der Waals surface area contributed by atoms with Crippen LogP contribution in [0.5, 0.6) is 6.01 Å². The first-order valence-electron chi connectivity index (χ1n) is 7.86. The van der Waals surface area contributed by atoms with E-state index in [4.69, 9.17) is 10.5 Å². The molecule has 1 aliphatic rings. The van der Waals surface area contributed by atoms with Gasteiger partial charge in [-0.15, -0.1) is 0 Å². The van der Waals surface area contributed by atoms with Gasteiger partial charge >= 0.3 is 6.01 Å². The Morgan fingerprint density at radius 3 is 2.33 bits per heavy atom. The fourth-order valence-corrected chi connectivity index (χ4v) is 2.70. The summed E-state index contributed by atoms with van der Waals surface area (Å²) in [6.07, 6.45) is 4.60. The van der Waals surface area contributed by atoms with Crippen molar-refractivity contribution in [1.29, 1.82) is 0 Å². The normalized spacial score (nSPS) is 18.5. The molecule has 1 heterocycles. The van der Waals surface area contributed by atoms with Crippen molar-refractivity contribution in [3.63, 3.8) is 0 Å². The molecule has 1 fully saturated rings. The second-order valence-electron chi connectivity index (χ2n) is 6.43. The van der Waals surface area contributed by atoms with Gasteiger partial charge in [-0.25, -0.2) is 0 Å². The molecular weight excluding hydrogens is 266 g/mol. The molecule has 1 aromatic rings. The second-order valence-corrected chi connectivity index (χ2v) is 6.43. The van der Waals surface area contributed by atoms with Crippen molar-refractivity contribution in [3.05, 3.63) is 0 Å². The molecule has 0 unspecified atom stereocenters. The van der Waals surface area contributed by atoms with Crippen molar-refractivity contribution in [1.82, 2.24) is 15.0 Å². The van der Waals surface area contributed by atoms with Crippen molar-refractivity contribution in [2.75, 3.05) is 23.7 Å². The van der Waals surface area contributed by atoms with Gasteiger partial charge in [-0.1, -0.05) is 13.8 Å². The van der Waals surface area contributed by atoms with E-state index in [1.807, 2.05) is 4.90 Å². The number of hydrogen-bond acceptors (Lipinski definition) is 6. The summed E-state index contributed by atoms with van der Waals surface area (Å²) in [5.74, 6) is 0.816. The number of anilines is 2. The van der Waals surface area contributed by atoms with Crippen LogP contribution in [0.2, 0.25) is 0 Å². The molecule has 0 spiro atoms. The predicted octanol–water partition coefficient (Wildman–Crippen LogP) is 2.65. The van der Waals surface area contributed by atoms with E-state index < -0.39 is 0 Å². The van der Waals surface area contributed by atoms with Crippen molar-refractivity contribution >= 4 is 11.9 Å². The third-order valence-electron chi connectivity index (χ3n) is 4.22. The van der Waals surface area contributed by atoms with Gasteiger partial charge in [0.05, 0.1) is 0 Å². The Kier molecular flexibility index (Phi) is 4.85. The zero-order valence-electron chi connectivity index (χ0n) is 13.6. The number of nitrogen functional groups attached to an aromatic ring is 1. The average Bonchev–Trinajstić information content (AvgIpc) is 2.42. The van der Waals surface area contributed by atoms with Crippen LogP contribution in [-0.2, 0) is 0 Å². The van der Waals surface area contributed by atoms with Gasteiger partial charge in [-0.05, 0) is 44.9 Å². The van der Waals surface area contributed by atoms with Crippen LogP contribution in [0.4, 0.5) is 11.9 Å². The SMILES string of the molecule is CCN(CC)c1nc(N)nc(OC2CCC(C)(C)CC2)n1. The minimum Gasteiger partial charge on any atom is -0.460 e. The molecule has 6 nitrogen and oxygen atoms in total. The van der Waals surface area contributed by atoms with Crippen LogP contribution < -0.4 is 15.4 Å². The summed E-state index contributed by atoms with van der Waals surface area (Å²) < 4.78 is 5.94. The molecule has 0 radical (unpaired) electrons. The number of aromatic nitrogens is 3. The van der Waals surface area contributed by atoms with Gasteiger partial charge < -0.3 is 15.4 Å². The Labute approximate surface area is 127 Å². The molecule has 1 saturated carbocycles. The number of hydrogen-bond donors (Lipinski definition) is 1. The van der Waals surface area contributed by atoms with Crippen LogP contribution in [0.3, 0.4) is 0 Å². The lowest BCUT2D eigenvalue weighted by Crippen LogP contribution is -2.30. The van der Waals surface area contributed by atoms with E-state index in [-0.39, 0.29) is 12.1 Å². The van der Waals surface area contributed by atoms with Crippen molar-refractivity contribution in [2.45, 2.75) is 59.5 Å². The fraction of sp³-hybridized carbons (Fsp3) is 0.800. The van der Waals surface area contributed by atoms with E-state index in [1.165, 1.54) is 12.8 Å². The average molecular weight is 293 g/mol. The number of rotatable bonds is 5. The quantitative estimate of drug-likeness (QED) is 0.899.